The van der Waals surface area contributed by atoms with Crippen molar-refractivity contribution in [2.75, 3.05) is 13.1 Å². The molecule has 2 aliphatic rings. The van der Waals surface area contributed by atoms with Gasteiger partial charge in [-0.15, -0.1) is 0 Å². The number of aromatic nitrogens is 2. The fraction of sp³-hybridized carbons (Fsp3) is 0.320. The predicted octanol–water partition coefficient (Wildman–Crippen LogP) is 10.4. The van der Waals surface area contributed by atoms with Gasteiger partial charge in [0.15, 0.2) is 0 Å². The molecule has 0 fully saturated rings. The average molecular weight is 799 g/mol. The Balaban J connectivity index is 1.08. The molecule has 0 radical (unpaired) electrons. The lowest BCUT2D eigenvalue weighted by Crippen LogP contribution is -2.43. The van der Waals surface area contributed by atoms with Crippen molar-refractivity contribution in [1.29, 1.82) is 0 Å². The van der Waals surface area contributed by atoms with Crippen LogP contribution in [-0.2, 0) is 0 Å². The highest BCUT2D eigenvalue weighted by molar-refractivity contribution is 7.00. The first-order valence-electron chi connectivity index (χ1n) is 20.9. The summed E-state index contributed by atoms with van der Waals surface area (Å²) in [6, 6.07) is 22.2. The van der Waals surface area contributed by atoms with Gasteiger partial charge in [-0.05, 0) is 84.0 Å². The van der Waals surface area contributed by atoms with Gasteiger partial charge in [-0.2, -0.15) is 8.75 Å². The van der Waals surface area contributed by atoms with E-state index in [1.807, 2.05) is 48.5 Å². The van der Waals surface area contributed by atoms with Gasteiger partial charge < -0.3 is 0 Å². The smallest absolute Gasteiger partial charge is 0.261 e. The monoisotopic (exact) mass is 798 g/mol. The van der Waals surface area contributed by atoms with E-state index in [0.717, 1.165) is 73.9 Å². The number of benzene rings is 5. The van der Waals surface area contributed by atoms with Crippen molar-refractivity contribution in [2.45, 2.75) is 79.1 Å². The van der Waals surface area contributed by atoms with Crippen molar-refractivity contribution in [3.05, 3.63) is 117 Å². The minimum absolute atomic E-state index is 0.250. The Kier molecular flexibility index (Phi) is 11.4. The summed E-state index contributed by atoms with van der Waals surface area (Å²) in [6.07, 6.45) is 8.09. The molecule has 0 spiro atoms. The second-order valence-corrected chi connectivity index (χ2v) is 16.2. The van der Waals surface area contributed by atoms with E-state index < -0.39 is 0 Å². The maximum absolute atomic E-state index is 13.8. The number of imide groups is 2. The molecule has 1 aromatic heterocycles. The zero-order valence-corrected chi connectivity index (χ0v) is 34.8. The first kappa shape index (κ1) is 39.7. The van der Waals surface area contributed by atoms with Crippen LogP contribution in [0.4, 0.5) is 0 Å². The van der Waals surface area contributed by atoms with E-state index in [1.165, 1.54) is 9.80 Å². The molecule has 296 valence electrons. The van der Waals surface area contributed by atoms with Crippen LogP contribution in [0.1, 0.15) is 143 Å². The van der Waals surface area contributed by atoms with Gasteiger partial charge in [-0.25, -0.2) is 0 Å². The number of hydrogen-bond donors (Lipinski definition) is 0. The van der Waals surface area contributed by atoms with Crippen molar-refractivity contribution in [3.8, 4) is 23.7 Å². The summed E-state index contributed by atoms with van der Waals surface area (Å²) in [5.74, 6) is 12.7. The highest BCUT2D eigenvalue weighted by Crippen LogP contribution is 2.35. The second-order valence-electron chi connectivity index (χ2n) is 15.7. The maximum atomic E-state index is 13.8. The Bertz CT molecular complexity index is 2580. The van der Waals surface area contributed by atoms with Crippen LogP contribution in [0, 0.1) is 35.5 Å². The minimum atomic E-state index is -0.250. The van der Waals surface area contributed by atoms with Gasteiger partial charge in [0, 0.05) is 57.2 Å². The molecule has 59 heavy (non-hydrogen) atoms. The van der Waals surface area contributed by atoms with Crippen LogP contribution in [-0.4, -0.2) is 55.3 Å². The van der Waals surface area contributed by atoms with Gasteiger partial charge in [0.25, 0.3) is 23.6 Å². The molecule has 0 aliphatic carbocycles. The molecule has 9 heteroatoms. The van der Waals surface area contributed by atoms with Crippen molar-refractivity contribution < 1.29 is 19.2 Å². The van der Waals surface area contributed by atoms with Gasteiger partial charge in [0.2, 0.25) is 0 Å². The number of carbonyl (C=O) groups excluding carboxylic acids is 4. The third-order valence-corrected chi connectivity index (χ3v) is 12.6. The Labute approximate surface area is 349 Å². The zero-order chi connectivity index (χ0) is 41.2. The number of hydrogen-bond acceptors (Lipinski definition) is 7. The molecule has 3 heterocycles. The lowest BCUT2D eigenvalue weighted by Gasteiger charge is -2.30. The SMILES string of the molecule is CCCCC(CC)CN1C(=O)c2cccc3c(C#Cc4ccc(C#Cc5ccc6c7c(cccc57)C(=O)N(CC(CC)CCCC)C6=O)c5nsnc45)ccc(c23)C1=O. The molecule has 2 atom stereocenters. The second kappa shape index (κ2) is 17.0. The van der Waals surface area contributed by atoms with Crippen molar-refractivity contribution in [2.24, 2.45) is 11.8 Å². The van der Waals surface area contributed by atoms with Crippen LogP contribution in [0.3, 0.4) is 0 Å². The summed E-state index contributed by atoms with van der Waals surface area (Å²) in [5.41, 5.74) is 6.14. The molecular weight excluding hydrogens is 753 g/mol. The molecule has 0 bridgehead atoms. The molecular formula is C50H46N4O4S. The summed E-state index contributed by atoms with van der Waals surface area (Å²) in [6.45, 7) is 9.39. The number of nitrogens with zero attached hydrogens (tertiary/aromatic N) is 4. The first-order valence-corrected chi connectivity index (χ1v) is 21.6. The fourth-order valence-electron chi connectivity index (χ4n) is 8.53. The van der Waals surface area contributed by atoms with Crippen LogP contribution in [0.25, 0.3) is 32.6 Å². The zero-order valence-electron chi connectivity index (χ0n) is 34.0. The highest BCUT2D eigenvalue weighted by atomic mass is 32.1. The Morgan fingerprint density at radius 2 is 0.881 bits per heavy atom. The summed E-state index contributed by atoms with van der Waals surface area (Å²) >= 11 is 1.08. The van der Waals surface area contributed by atoms with Crippen LogP contribution < -0.4 is 0 Å². The quantitative estimate of drug-likeness (QED) is 0.0903. The fourth-order valence-corrected chi connectivity index (χ4v) is 9.10. The maximum Gasteiger partial charge on any atom is 0.261 e. The van der Waals surface area contributed by atoms with Crippen molar-refractivity contribution in [1.82, 2.24) is 18.5 Å². The molecule has 0 saturated heterocycles. The Hall–Kier alpha value is -6.16. The predicted molar refractivity (Wildman–Crippen MR) is 235 cm³/mol. The van der Waals surface area contributed by atoms with Crippen LogP contribution in [0.5, 0.6) is 0 Å². The van der Waals surface area contributed by atoms with Gasteiger partial charge in [-0.3, -0.25) is 29.0 Å². The van der Waals surface area contributed by atoms with Gasteiger partial charge >= 0.3 is 0 Å². The molecule has 2 unspecified atom stereocenters. The summed E-state index contributed by atoms with van der Waals surface area (Å²) in [4.78, 5) is 57.9. The Morgan fingerprint density at radius 1 is 0.508 bits per heavy atom. The van der Waals surface area contributed by atoms with Crippen LogP contribution in [0.15, 0.2) is 72.8 Å². The van der Waals surface area contributed by atoms with E-state index in [4.69, 9.17) is 0 Å². The number of amides is 4. The normalized spacial score (nSPS) is 14.4. The molecule has 6 aromatic rings. The molecule has 0 N–H and O–H groups in total. The largest absolute Gasteiger partial charge is 0.274 e. The van der Waals surface area contributed by atoms with E-state index in [-0.39, 0.29) is 35.5 Å². The highest BCUT2D eigenvalue weighted by Gasteiger charge is 2.35. The number of carbonyl (C=O) groups is 4. The van der Waals surface area contributed by atoms with Gasteiger partial charge in [0.1, 0.15) is 11.0 Å². The summed E-state index contributed by atoms with van der Waals surface area (Å²) < 4.78 is 9.16. The number of rotatable bonds is 12. The van der Waals surface area contributed by atoms with E-state index in [9.17, 15) is 19.2 Å². The topological polar surface area (TPSA) is 101 Å². The van der Waals surface area contributed by atoms with Crippen molar-refractivity contribution in [3.63, 3.8) is 0 Å². The van der Waals surface area contributed by atoms with Crippen molar-refractivity contribution >= 4 is 67.9 Å². The average Bonchev–Trinajstić information content (AvgIpc) is 3.77. The molecule has 2 aliphatic heterocycles. The first-order chi connectivity index (χ1) is 28.8. The lowest BCUT2D eigenvalue weighted by molar-refractivity contribution is 0.0565. The third kappa shape index (κ3) is 7.30. The molecule has 8 rings (SSSR count). The van der Waals surface area contributed by atoms with Crippen LogP contribution >= 0.6 is 11.7 Å². The molecule has 8 nitrogen and oxygen atoms in total. The van der Waals surface area contributed by atoms with Crippen LogP contribution in [0.2, 0.25) is 0 Å². The van der Waals surface area contributed by atoms with E-state index in [0.29, 0.717) is 79.4 Å². The number of fused-ring (bicyclic) bond motifs is 1. The minimum Gasteiger partial charge on any atom is -0.274 e. The molecule has 5 aromatic carbocycles. The van der Waals surface area contributed by atoms with Gasteiger partial charge in [-0.1, -0.05) is 114 Å². The van der Waals surface area contributed by atoms with E-state index in [1.54, 1.807) is 24.3 Å². The van der Waals surface area contributed by atoms with E-state index >= 15 is 0 Å². The summed E-state index contributed by atoms with van der Waals surface area (Å²) in [7, 11) is 0. The number of unbranched alkanes of at least 4 members (excludes halogenated alkanes) is 2. The molecule has 0 saturated carbocycles. The van der Waals surface area contributed by atoms with Gasteiger partial charge in [0.05, 0.1) is 22.9 Å². The Morgan fingerprint density at radius 3 is 1.27 bits per heavy atom. The lowest BCUT2D eigenvalue weighted by atomic mass is 9.90. The third-order valence-electron chi connectivity index (χ3n) is 12.0. The van der Waals surface area contributed by atoms with E-state index in [2.05, 4.69) is 60.1 Å². The molecule has 4 amide bonds. The standard InChI is InChI=1S/C50H46N4O4S/c1-5-9-13-31(7-3)29-53-47(55)39-17-11-15-37-33(25-27-41(43(37)39)49(53)57)19-21-35-23-24-36(46-45(35)51-59-52-46)22-20-34-26-28-42-44-38(34)16-12-18-40(44)48(56)54(50(42)58)30-32(8-4)14-10-6-2/h11-12,15-18,23-28,31-32H,5-10,13-14,29-30H2,1-4H3. The summed E-state index contributed by atoms with van der Waals surface area (Å²) in [5, 5.41) is 2.82.